The van der Waals surface area contributed by atoms with E-state index in [-0.39, 0.29) is 5.82 Å². The zero-order valence-electron chi connectivity index (χ0n) is 8.40. The molecule has 0 atom stereocenters. The van der Waals surface area contributed by atoms with Gasteiger partial charge in [-0.1, -0.05) is 0 Å². The quantitative estimate of drug-likeness (QED) is 0.720. The maximum absolute atomic E-state index is 10.8. The fraction of sp³-hybridized carbons (Fsp3) is 0.300. The molecule has 0 saturated heterocycles. The number of hydrogen-bond donors (Lipinski definition) is 3. The Balaban J connectivity index is 2.09. The number of imidazole rings is 1. The van der Waals surface area contributed by atoms with Crippen molar-refractivity contribution in [2.24, 2.45) is 0 Å². The minimum atomic E-state index is -1.07. The molecule has 82 valence electrons. The maximum Gasteiger partial charge on any atom is 0.371 e. The van der Waals surface area contributed by atoms with Crippen LogP contribution >= 0.6 is 0 Å². The van der Waals surface area contributed by atoms with Crippen LogP contribution < -0.4 is 5.32 Å². The predicted molar refractivity (Wildman–Crippen MR) is 57.5 cm³/mol. The summed E-state index contributed by atoms with van der Waals surface area (Å²) in [7, 11) is 0. The van der Waals surface area contributed by atoms with Gasteiger partial charge in [-0.25, -0.2) is 14.8 Å². The topological polar surface area (TPSA) is 90.9 Å². The van der Waals surface area contributed by atoms with Gasteiger partial charge in [-0.05, 0) is 18.9 Å². The molecule has 1 aliphatic carbocycles. The lowest BCUT2D eigenvalue weighted by molar-refractivity contribution is 0.0685. The second-order valence-electron chi connectivity index (χ2n) is 3.87. The summed E-state index contributed by atoms with van der Waals surface area (Å²) in [5.41, 5.74) is 1.96. The standard InChI is InChI=1S/C10H10N4O2/c15-10(16)9-13-7-6(12-5-1-2-5)3-4-11-8(7)14-9/h3-5H,1-2H2,(H,15,16)(H2,11,12,13,14). The van der Waals surface area contributed by atoms with Crippen molar-refractivity contribution in [1.82, 2.24) is 15.0 Å². The molecule has 3 N–H and O–H groups in total. The third-order valence-electron chi connectivity index (χ3n) is 2.53. The third kappa shape index (κ3) is 1.48. The lowest BCUT2D eigenvalue weighted by atomic mass is 10.3. The molecule has 2 aromatic rings. The van der Waals surface area contributed by atoms with E-state index in [1.807, 2.05) is 6.07 Å². The summed E-state index contributed by atoms with van der Waals surface area (Å²) >= 11 is 0. The molecule has 0 bridgehead atoms. The van der Waals surface area contributed by atoms with Crippen molar-refractivity contribution in [3.05, 3.63) is 18.1 Å². The number of nitrogens with one attached hydrogen (secondary N) is 2. The van der Waals surface area contributed by atoms with Crippen molar-refractivity contribution in [2.75, 3.05) is 5.32 Å². The number of hydrogen-bond acceptors (Lipinski definition) is 4. The van der Waals surface area contributed by atoms with Gasteiger partial charge in [-0.15, -0.1) is 0 Å². The molecule has 16 heavy (non-hydrogen) atoms. The van der Waals surface area contributed by atoms with Gasteiger partial charge in [0.1, 0.15) is 5.52 Å². The molecule has 0 aliphatic heterocycles. The number of H-pyrrole nitrogens is 1. The third-order valence-corrected chi connectivity index (χ3v) is 2.53. The lowest BCUT2D eigenvalue weighted by Gasteiger charge is -2.03. The molecular weight excluding hydrogens is 208 g/mol. The van der Waals surface area contributed by atoms with Crippen LogP contribution in [-0.2, 0) is 0 Å². The van der Waals surface area contributed by atoms with E-state index in [9.17, 15) is 4.79 Å². The van der Waals surface area contributed by atoms with Crippen LogP contribution in [0.5, 0.6) is 0 Å². The van der Waals surface area contributed by atoms with E-state index in [1.165, 1.54) is 0 Å². The Morgan fingerprint density at radius 1 is 1.56 bits per heavy atom. The van der Waals surface area contributed by atoms with Gasteiger partial charge in [0.05, 0.1) is 5.69 Å². The van der Waals surface area contributed by atoms with E-state index in [2.05, 4.69) is 20.3 Å². The first-order valence-electron chi connectivity index (χ1n) is 5.08. The van der Waals surface area contributed by atoms with Crippen molar-refractivity contribution < 1.29 is 9.90 Å². The van der Waals surface area contributed by atoms with Crippen LogP contribution in [0.15, 0.2) is 12.3 Å². The van der Waals surface area contributed by atoms with E-state index in [0.29, 0.717) is 17.2 Å². The van der Waals surface area contributed by atoms with Gasteiger partial charge < -0.3 is 15.4 Å². The number of aromatic nitrogens is 3. The number of pyridine rings is 1. The van der Waals surface area contributed by atoms with Crippen molar-refractivity contribution in [2.45, 2.75) is 18.9 Å². The second-order valence-corrected chi connectivity index (χ2v) is 3.87. The summed E-state index contributed by atoms with van der Waals surface area (Å²) in [5, 5.41) is 12.1. The minimum absolute atomic E-state index is 0.0763. The summed E-state index contributed by atoms with van der Waals surface area (Å²) in [5.74, 6) is -1.15. The van der Waals surface area contributed by atoms with Crippen molar-refractivity contribution >= 4 is 22.8 Å². The fourth-order valence-corrected chi connectivity index (χ4v) is 1.58. The Morgan fingerprint density at radius 3 is 3.06 bits per heavy atom. The van der Waals surface area contributed by atoms with Gasteiger partial charge in [-0.3, -0.25) is 0 Å². The van der Waals surface area contributed by atoms with Crippen LogP contribution in [0.1, 0.15) is 23.5 Å². The van der Waals surface area contributed by atoms with Gasteiger partial charge in [0.25, 0.3) is 0 Å². The zero-order chi connectivity index (χ0) is 11.1. The number of nitrogens with zero attached hydrogens (tertiary/aromatic N) is 2. The first-order valence-corrected chi connectivity index (χ1v) is 5.08. The van der Waals surface area contributed by atoms with Crippen LogP contribution in [-0.4, -0.2) is 32.1 Å². The number of fused-ring (bicyclic) bond motifs is 1. The molecule has 1 saturated carbocycles. The van der Waals surface area contributed by atoms with E-state index in [1.54, 1.807) is 6.20 Å². The highest BCUT2D eigenvalue weighted by Gasteiger charge is 2.22. The average Bonchev–Trinajstić information content (AvgIpc) is 2.95. The molecule has 3 rings (SSSR count). The lowest BCUT2D eigenvalue weighted by Crippen LogP contribution is -2.01. The predicted octanol–water partition coefficient (Wildman–Crippen LogP) is 1.23. The number of carbonyl (C=O) groups is 1. The SMILES string of the molecule is O=C(O)c1nc2nccc(NC3CC3)c2[nH]1. The highest BCUT2D eigenvalue weighted by molar-refractivity contribution is 5.92. The van der Waals surface area contributed by atoms with Crippen LogP contribution in [0.3, 0.4) is 0 Å². The average molecular weight is 218 g/mol. The monoisotopic (exact) mass is 218 g/mol. The molecule has 2 aromatic heterocycles. The smallest absolute Gasteiger partial charge is 0.371 e. The number of aromatic amines is 1. The van der Waals surface area contributed by atoms with E-state index in [4.69, 9.17) is 5.11 Å². The highest BCUT2D eigenvalue weighted by Crippen LogP contribution is 2.27. The maximum atomic E-state index is 10.8. The fourth-order valence-electron chi connectivity index (χ4n) is 1.58. The number of rotatable bonds is 3. The normalized spacial score (nSPS) is 15.2. The molecule has 2 heterocycles. The Bertz CT molecular complexity index is 559. The van der Waals surface area contributed by atoms with Crippen molar-refractivity contribution in [1.29, 1.82) is 0 Å². The van der Waals surface area contributed by atoms with Crippen molar-refractivity contribution in [3.8, 4) is 0 Å². The first-order chi connectivity index (χ1) is 7.74. The first kappa shape index (κ1) is 9.14. The summed E-state index contributed by atoms with van der Waals surface area (Å²) in [6, 6.07) is 2.33. The Hall–Kier alpha value is -2.11. The molecule has 0 unspecified atom stereocenters. The van der Waals surface area contributed by atoms with Crippen LogP contribution in [0.4, 0.5) is 5.69 Å². The molecule has 0 aromatic carbocycles. The molecular formula is C10H10N4O2. The van der Waals surface area contributed by atoms with E-state index >= 15 is 0 Å². The van der Waals surface area contributed by atoms with Crippen LogP contribution in [0.25, 0.3) is 11.2 Å². The van der Waals surface area contributed by atoms with E-state index in [0.717, 1.165) is 18.5 Å². The van der Waals surface area contributed by atoms with Gasteiger partial charge in [0.15, 0.2) is 5.65 Å². The van der Waals surface area contributed by atoms with Crippen LogP contribution in [0, 0.1) is 0 Å². The molecule has 0 radical (unpaired) electrons. The highest BCUT2D eigenvalue weighted by atomic mass is 16.4. The number of carboxylic acids is 1. The van der Waals surface area contributed by atoms with Gasteiger partial charge >= 0.3 is 5.97 Å². The second kappa shape index (κ2) is 3.19. The molecule has 0 spiro atoms. The zero-order valence-corrected chi connectivity index (χ0v) is 8.40. The largest absolute Gasteiger partial charge is 0.475 e. The van der Waals surface area contributed by atoms with Crippen molar-refractivity contribution in [3.63, 3.8) is 0 Å². The Kier molecular flexibility index (Phi) is 1.82. The Morgan fingerprint density at radius 2 is 2.38 bits per heavy atom. The summed E-state index contributed by atoms with van der Waals surface area (Å²) in [4.78, 5) is 21.5. The molecule has 6 heteroatoms. The summed E-state index contributed by atoms with van der Waals surface area (Å²) in [6.07, 6.45) is 3.94. The minimum Gasteiger partial charge on any atom is -0.475 e. The Labute approximate surface area is 90.7 Å². The number of anilines is 1. The van der Waals surface area contributed by atoms with E-state index < -0.39 is 5.97 Å². The molecule has 1 fully saturated rings. The van der Waals surface area contributed by atoms with Gasteiger partial charge in [0, 0.05) is 12.2 Å². The summed E-state index contributed by atoms with van der Waals surface area (Å²) in [6.45, 7) is 0. The van der Waals surface area contributed by atoms with Gasteiger partial charge in [0.2, 0.25) is 5.82 Å². The van der Waals surface area contributed by atoms with Gasteiger partial charge in [-0.2, -0.15) is 0 Å². The number of carboxylic acid groups (broad SMARTS) is 1. The molecule has 1 aliphatic rings. The summed E-state index contributed by atoms with van der Waals surface area (Å²) < 4.78 is 0. The molecule has 0 amide bonds. The molecule has 6 nitrogen and oxygen atoms in total. The van der Waals surface area contributed by atoms with Crippen LogP contribution in [0.2, 0.25) is 0 Å². The number of aromatic carboxylic acids is 1.